The van der Waals surface area contributed by atoms with Gasteiger partial charge in [-0.05, 0) is 30.5 Å². The zero-order valence-corrected chi connectivity index (χ0v) is 19.0. The third-order valence-electron chi connectivity index (χ3n) is 6.57. The molecule has 0 spiro atoms. The highest BCUT2D eigenvalue weighted by Crippen LogP contribution is 2.42. The van der Waals surface area contributed by atoms with Gasteiger partial charge in [0.2, 0.25) is 17.7 Å². The number of aryl methyl sites for hydroxylation is 1. The molecule has 0 N–H and O–H groups in total. The second kappa shape index (κ2) is 9.02. The van der Waals surface area contributed by atoms with Crippen LogP contribution in [0.3, 0.4) is 0 Å². The summed E-state index contributed by atoms with van der Waals surface area (Å²) >= 11 is 0. The predicted octanol–water partition coefficient (Wildman–Crippen LogP) is 3.79. The van der Waals surface area contributed by atoms with Crippen molar-refractivity contribution in [2.24, 2.45) is 0 Å². The van der Waals surface area contributed by atoms with Crippen LogP contribution in [0.25, 0.3) is 0 Å². The molecule has 2 heterocycles. The number of aromatic nitrogens is 1. The van der Waals surface area contributed by atoms with E-state index in [9.17, 15) is 14.4 Å². The highest BCUT2D eigenvalue weighted by Gasteiger charge is 2.54. The van der Waals surface area contributed by atoms with E-state index in [0.717, 1.165) is 16.7 Å². The molecule has 7 heteroatoms. The van der Waals surface area contributed by atoms with Crippen LogP contribution in [0.1, 0.15) is 48.2 Å². The van der Waals surface area contributed by atoms with E-state index >= 15 is 0 Å². The molecule has 0 saturated carbocycles. The molecule has 3 amide bonds. The molecule has 0 aliphatic carbocycles. The van der Waals surface area contributed by atoms with Crippen molar-refractivity contribution < 1.29 is 18.9 Å². The van der Waals surface area contributed by atoms with Gasteiger partial charge in [-0.2, -0.15) is 0 Å². The van der Waals surface area contributed by atoms with Gasteiger partial charge in [-0.25, -0.2) is 0 Å². The molecule has 1 aliphatic heterocycles. The van der Waals surface area contributed by atoms with Crippen molar-refractivity contribution >= 4 is 17.7 Å². The highest BCUT2D eigenvalue weighted by atomic mass is 16.5. The van der Waals surface area contributed by atoms with Gasteiger partial charge in [0.25, 0.3) is 0 Å². The Bertz CT molecular complexity index is 1160. The summed E-state index contributed by atoms with van der Waals surface area (Å²) < 4.78 is 4.91. The van der Waals surface area contributed by atoms with Crippen molar-refractivity contribution in [1.82, 2.24) is 15.0 Å². The van der Waals surface area contributed by atoms with Crippen molar-refractivity contribution in [3.05, 3.63) is 89.3 Å². The summed E-state index contributed by atoms with van der Waals surface area (Å²) in [5.74, 6) is -0.843. The third kappa shape index (κ3) is 4.18. The van der Waals surface area contributed by atoms with Crippen LogP contribution in [0.2, 0.25) is 0 Å². The number of amides is 3. The quantitative estimate of drug-likeness (QED) is 0.517. The summed E-state index contributed by atoms with van der Waals surface area (Å²) in [5.41, 5.74) is 1.83. The summed E-state index contributed by atoms with van der Waals surface area (Å²) in [6.07, 6.45) is 1.31. The maximum atomic E-state index is 13.9. The zero-order chi connectivity index (χ0) is 23.6. The molecule has 1 aromatic heterocycles. The molecule has 2 unspecified atom stereocenters. The Morgan fingerprint density at radius 3 is 2.48 bits per heavy atom. The molecule has 170 valence electrons. The largest absolute Gasteiger partial charge is 0.364 e. The standard InChI is InChI=1S/C26H27N3O4/c1-18-9-7-8-12-21(18)26(15-23(30)28(3)19(2)22-13-14-33-27-22)16-24(31)29(25(26)32)17-20-10-5-4-6-11-20/h4-14,19H,15-17H2,1-3H3. The molecule has 1 aliphatic rings. The fourth-order valence-electron chi connectivity index (χ4n) is 4.52. The molecule has 0 bridgehead atoms. The Kier molecular flexibility index (Phi) is 6.14. The van der Waals surface area contributed by atoms with Crippen LogP contribution in [-0.2, 0) is 26.3 Å². The van der Waals surface area contributed by atoms with Crippen molar-refractivity contribution in [1.29, 1.82) is 0 Å². The Morgan fingerprint density at radius 2 is 1.82 bits per heavy atom. The first-order valence-corrected chi connectivity index (χ1v) is 10.9. The van der Waals surface area contributed by atoms with Gasteiger partial charge in [-0.3, -0.25) is 19.3 Å². The van der Waals surface area contributed by atoms with E-state index in [1.165, 1.54) is 11.2 Å². The van der Waals surface area contributed by atoms with Crippen LogP contribution in [-0.4, -0.2) is 39.7 Å². The van der Waals surface area contributed by atoms with Crippen LogP contribution in [0.5, 0.6) is 0 Å². The number of carbonyl (C=O) groups is 3. The van der Waals surface area contributed by atoms with Crippen molar-refractivity contribution in [3.8, 4) is 0 Å². The van der Waals surface area contributed by atoms with Crippen LogP contribution in [0, 0.1) is 6.92 Å². The van der Waals surface area contributed by atoms with Crippen LogP contribution >= 0.6 is 0 Å². The molecular formula is C26H27N3O4. The van der Waals surface area contributed by atoms with E-state index in [4.69, 9.17) is 4.52 Å². The minimum absolute atomic E-state index is 0.0402. The topological polar surface area (TPSA) is 83.7 Å². The average Bonchev–Trinajstić information content (AvgIpc) is 3.43. The number of carbonyl (C=O) groups excluding carboxylic acids is 3. The number of hydrogen-bond acceptors (Lipinski definition) is 5. The van der Waals surface area contributed by atoms with Crippen LogP contribution in [0.15, 0.2) is 71.4 Å². The van der Waals surface area contributed by atoms with Gasteiger partial charge in [0, 0.05) is 26.0 Å². The van der Waals surface area contributed by atoms with E-state index < -0.39 is 5.41 Å². The van der Waals surface area contributed by atoms with E-state index in [1.807, 2.05) is 68.4 Å². The maximum absolute atomic E-state index is 13.9. The molecule has 1 saturated heterocycles. The SMILES string of the molecule is Cc1ccccc1C1(CC(=O)N(C)C(C)c2ccon2)CC(=O)N(Cc2ccccc2)C1=O. The second-order valence-electron chi connectivity index (χ2n) is 8.63. The lowest BCUT2D eigenvalue weighted by Crippen LogP contribution is -2.43. The highest BCUT2D eigenvalue weighted by molar-refractivity contribution is 6.10. The van der Waals surface area contributed by atoms with E-state index in [1.54, 1.807) is 18.0 Å². The van der Waals surface area contributed by atoms with Crippen LogP contribution < -0.4 is 0 Å². The summed E-state index contributed by atoms with van der Waals surface area (Å²) in [7, 11) is 1.68. The molecule has 0 radical (unpaired) electrons. The van der Waals surface area contributed by atoms with Gasteiger partial charge in [0.15, 0.2) is 0 Å². The number of nitrogens with zero attached hydrogens (tertiary/aromatic N) is 3. The lowest BCUT2D eigenvalue weighted by Gasteiger charge is -2.32. The first-order valence-electron chi connectivity index (χ1n) is 10.9. The minimum Gasteiger partial charge on any atom is -0.364 e. The van der Waals surface area contributed by atoms with Crippen molar-refractivity contribution in [3.63, 3.8) is 0 Å². The summed E-state index contributed by atoms with van der Waals surface area (Å²) in [6.45, 7) is 3.94. The normalized spacial score (nSPS) is 19.1. The Hall–Kier alpha value is -3.74. The summed E-state index contributed by atoms with van der Waals surface area (Å²) in [4.78, 5) is 43.2. The fourth-order valence-corrected chi connectivity index (χ4v) is 4.52. The van der Waals surface area contributed by atoms with Gasteiger partial charge < -0.3 is 9.42 Å². The van der Waals surface area contributed by atoms with E-state index in [2.05, 4.69) is 5.16 Å². The van der Waals surface area contributed by atoms with E-state index in [-0.39, 0.29) is 43.1 Å². The van der Waals surface area contributed by atoms with Crippen molar-refractivity contribution in [2.45, 2.75) is 44.7 Å². The molecule has 1 fully saturated rings. The molecule has 33 heavy (non-hydrogen) atoms. The first-order chi connectivity index (χ1) is 15.8. The molecular weight excluding hydrogens is 418 g/mol. The number of benzene rings is 2. The summed E-state index contributed by atoms with van der Waals surface area (Å²) in [5, 5.41) is 3.93. The minimum atomic E-state index is -1.24. The fraction of sp³-hybridized carbons (Fsp3) is 0.308. The van der Waals surface area contributed by atoms with Gasteiger partial charge in [0.1, 0.15) is 12.0 Å². The van der Waals surface area contributed by atoms with Crippen LogP contribution in [0.4, 0.5) is 0 Å². The Balaban J connectivity index is 1.68. The zero-order valence-electron chi connectivity index (χ0n) is 19.0. The van der Waals surface area contributed by atoms with Gasteiger partial charge in [-0.15, -0.1) is 0 Å². The van der Waals surface area contributed by atoms with Gasteiger partial charge in [-0.1, -0.05) is 59.8 Å². The summed E-state index contributed by atoms with van der Waals surface area (Å²) in [6, 6.07) is 18.2. The third-order valence-corrected chi connectivity index (χ3v) is 6.57. The molecule has 4 rings (SSSR count). The lowest BCUT2D eigenvalue weighted by atomic mass is 9.74. The average molecular weight is 446 g/mol. The molecule has 3 aromatic rings. The molecule has 7 nitrogen and oxygen atoms in total. The second-order valence-corrected chi connectivity index (χ2v) is 8.63. The Morgan fingerprint density at radius 1 is 1.12 bits per heavy atom. The number of imide groups is 1. The predicted molar refractivity (Wildman–Crippen MR) is 122 cm³/mol. The first kappa shape index (κ1) is 22.5. The number of rotatable bonds is 7. The number of hydrogen-bond donors (Lipinski definition) is 0. The maximum Gasteiger partial charge on any atom is 0.241 e. The smallest absolute Gasteiger partial charge is 0.241 e. The number of likely N-dealkylation sites (tertiary alicyclic amines) is 1. The monoisotopic (exact) mass is 445 g/mol. The van der Waals surface area contributed by atoms with E-state index in [0.29, 0.717) is 5.69 Å². The van der Waals surface area contributed by atoms with Crippen molar-refractivity contribution in [2.75, 3.05) is 7.05 Å². The molecule has 2 atom stereocenters. The van der Waals surface area contributed by atoms with Gasteiger partial charge >= 0.3 is 0 Å². The lowest BCUT2D eigenvalue weighted by molar-refractivity contribution is -0.143. The van der Waals surface area contributed by atoms with Gasteiger partial charge in [0.05, 0.1) is 18.0 Å². The Labute approximate surface area is 193 Å². The molecule has 2 aromatic carbocycles.